The first-order chi connectivity index (χ1) is 8.79. The minimum Gasteiger partial charge on any atom is -0.488 e. The molecular weight excluding hydrogens is 230 g/mol. The molecule has 0 aliphatic carbocycles. The smallest absolute Gasteiger partial charge is 0.176 e. The lowest BCUT2D eigenvalue weighted by molar-refractivity contribution is 0.00743. The third-order valence-corrected chi connectivity index (χ3v) is 2.93. The van der Waals surface area contributed by atoms with Crippen LogP contribution in [-0.4, -0.2) is 38.7 Å². The summed E-state index contributed by atoms with van der Waals surface area (Å²) >= 11 is 0. The van der Waals surface area contributed by atoms with Crippen molar-refractivity contribution in [1.82, 2.24) is 5.32 Å². The zero-order chi connectivity index (χ0) is 12.8. The van der Waals surface area contributed by atoms with Crippen LogP contribution in [0.25, 0.3) is 0 Å². The van der Waals surface area contributed by atoms with Gasteiger partial charge in [0, 0.05) is 12.2 Å². The maximum absolute atomic E-state index is 11.6. The highest BCUT2D eigenvalue weighted by atomic mass is 16.5. The van der Waals surface area contributed by atoms with Crippen molar-refractivity contribution in [3.8, 4) is 5.75 Å². The van der Waals surface area contributed by atoms with Gasteiger partial charge in [-0.15, -0.1) is 0 Å². The number of rotatable bonds is 5. The van der Waals surface area contributed by atoms with Crippen LogP contribution in [0.3, 0.4) is 0 Å². The van der Waals surface area contributed by atoms with Crippen LogP contribution in [0.15, 0.2) is 24.3 Å². The standard InChI is InChI=1S/C14H19NO3/c1-15-9-14(16)11-4-6-12(7-5-11)18-13-3-2-8-17-10-13/h4-7,13,15H,2-3,8-10H2,1H3. The summed E-state index contributed by atoms with van der Waals surface area (Å²) in [5, 5.41) is 2.85. The van der Waals surface area contributed by atoms with Gasteiger partial charge in [-0.05, 0) is 44.2 Å². The lowest BCUT2D eigenvalue weighted by Crippen LogP contribution is -2.28. The van der Waals surface area contributed by atoms with E-state index >= 15 is 0 Å². The Balaban J connectivity index is 1.92. The van der Waals surface area contributed by atoms with E-state index in [1.165, 1.54) is 0 Å². The normalized spacial score (nSPS) is 19.5. The quantitative estimate of drug-likeness (QED) is 0.806. The first-order valence-electron chi connectivity index (χ1n) is 6.32. The largest absolute Gasteiger partial charge is 0.488 e. The summed E-state index contributed by atoms with van der Waals surface area (Å²) in [6.07, 6.45) is 2.21. The molecule has 1 N–H and O–H groups in total. The van der Waals surface area contributed by atoms with E-state index in [2.05, 4.69) is 5.32 Å². The Morgan fingerprint density at radius 1 is 1.44 bits per heavy atom. The topological polar surface area (TPSA) is 47.6 Å². The van der Waals surface area contributed by atoms with Crippen LogP contribution in [0.5, 0.6) is 5.75 Å². The fourth-order valence-corrected chi connectivity index (χ4v) is 1.98. The molecule has 0 radical (unpaired) electrons. The summed E-state index contributed by atoms with van der Waals surface area (Å²) in [6.45, 7) is 1.84. The van der Waals surface area contributed by atoms with Crippen LogP contribution in [0.4, 0.5) is 0 Å². The zero-order valence-corrected chi connectivity index (χ0v) is 10.6. The molecule has 1 aliphatic heterocycles. The maximum Gasteiger partial charge on any atom is 0.176 e. The molecule has 2 rings (SSSR count). The van der Waals surface area contributed by atoms with E-state index in [-0.39, 0.29) is 11.9 Å². The number of benzene rings is 1. The first kappa shape index (κ1) is 13.1. The van der Waals surface area contributed by atoms with E-state index in [0.717, 1.165) is 25.2 Å². The molecule has 98 valence electrons. The van der Waals surface area contributed by atoms with E-state index in [1.807, 2.05) is 12.1 Å². The molecule has 0 amide bonds. The average Bonchev–Trinajstić information content (AvgIpc) is 2.41. The Morgan fingerprint density at radius 3 is 2.83 bits per heavy atom. The minimum atomic E-state index is 0.0880. The van der Waals surface area contributed by atoms with E-state index in [0.29, 0.717) is 18.7 Å². The summed E-state index contributed by atoms with van der Waals surface area (Å²) in [5.74, 6) is 0.886. The van der Waals surface area contributed by atoms with Gasteiger partial charge in [0.2, 0.25) is 0 Å². The SMILES string of the molecule is CNCC(=O)c1ccc(OC2CCCOC2)cc1. The van der Waals surface area contributed by atoms with E-state index in [9.17, 15) is 4.79 Å². The Labute approximate surface area is 107 Å². The van der Waals surface area contributed by atoms with Gasteiger partial charge in [0.05, 0.1) is 13.2 Å². The molecular formula is C14H19NO3. The zero-order valence-electron chi connectivity index (χ0n) is 10.6. The monoisotopic (exact) mass is 249 g/mol. The van der Waals surface area contributed by atoms with Crippen LogP contribution >= 0.6 is 0 Å². The number of ether oxygens (including phenoxy) is 2. The highest BCUT2D eigenvalue weighted by Gasteiger charge is 2.15. The van der Waals surface area contributed by atoms with Gasteiger partial charge in [-0.25, -0.2) is 0 Å². The number of ketones is 1. The Hall–Kier alpha value is -1.39. The number of Topliss-reactive ketones (excluding diaryl/α,β-unsaturated/α-hetero) is 1. The lowest BCUT2D eigenvalue weighted by atomic mass is 10.1. The van der Waals surface area contributed by atoms with Crippen molar-refractivity contribution in [2.24, 2.45) is 0 Å². The molecule has 18 heavy (non-hydrogen) atoms. The van der Waals surface area contributed by atoms with Gasteiger partial charge in [-0.3, -0.25) is 4.79 Å². The molecule has 1 unspecified atom stereocenters. The van der Waals surface area contributed by atoms with Gasteiger partial charge in [0.1, 0.15) is 11.9 Å². The summed E-state index contributed by atoms with van der Waals surface area (Å²) in [4.78, 5) is 11.6. The fraction of sp³-hybridized carbons (Fsp3) is 0.500. The van der Waals surface area contributed by atoms with Gasteiger partial charge >= 0.3 is 0 Å². The molecule has 0 bridgehead atoms. The van der Waals surface area contributed by atoms with Gasteiger partial charge < -0.3 is 14.8 Å². The Kier molecular flexibility index (Phi) is 4.73. The molecule has 0 spiro atoms. The number of carbonyl (C=O) groups is 1. The molecule has 0 saturated carbocycles. The summed E-state index contributed by atoms with van der Waals surface area (Å²) < 4.78 is 11.2. The molecule has 1 atom stereocenters. The molecule has 1 aliphatic rings. The molecule has 1 heterocycles. The molecule has 1 saturated heterocycles. The molecule has 4 heteroatoms. The van der Waals surface area contributed by atoms with Crippen molar-refractivity contribution in [2.45, 2.75) is 18.9 Å². The summed E-state index contributed by atoms with van der Waals surface area (Å²) in [5.41, 5.74) is 0.705. The van der Waals surface area contributed by atoms with Crippen LogP contribution < -0.4 is 10.1 Å². The number of carbonyl (C=O) groups excluding carboxylic acids is 1. The van der Waals surface area contributed by atoms with Crippen molar-refractivity contribution in [3.05, 3.63) is 29.8 Å². The van der Waals surface area contributed by atoms with E-state index in [1.54, 1.807) is 19.2 Å². The fourth-order valence-electron chi connectivity index (χ4n) is 1.98. The average molecular weight is 249 g/mol. The van der Waals surface area contributed by atoms with Gasteiger partial charge in [0.15, 0.2) is 5.78 Å². The van der Waals surface area contributed by atoms with Gasteiger partial charge in [-0.2, -0.15) is 0 Å². The third kappa shape index (κ3) is 3.55. The molecule has 1 aromatic carbocycles. The second kappa shape index (κ2) is 6.52. The molecule has 4 nitrogen and oxygen atoms in total. The Morgan fingerprint density at radius 2 is 2.22 bits per heavy atom. The van der Waals surface area contributed by atoms with Crippen molar-refractivity contribution in [1.29, 1.82) is 0 Å². The Bertz CT molecular complexity index is 383. The van der Waals surface area contributed by atoms with Crippen molar-refractivity contribution >= 4 is 5.78 Å². The minimum absolute atomic E-state index is 0.0880. The third-order valence-electron chi connectivity index (χ3n) is 2.93. The summed E-state index contributed by atoms with van der Waals surface area (Å²) in [6, 6.07) is 7.30. The number of nitrogens with one attached hydrogen (secondary N) is 1. The van der Waals surface area contributed by atoms with E-state index < -0.39 is 0 Å². The van der Waals surface area contributed by atoms with Crippen LogP contribution in [0.1, 0.15) is 23.2 Å². The first-order valence-corrected chi connectivity index (χ1v) is 6.32. The van der Waals surface area contributed by atoms with Gasteiger partial charge in [0.25, 0.3) is 0 Å². The lowest BCUT2D eigenvalue weighted by Gasteiger charge is -2.23. The molecule has 0 aromatic heterocycles. The number of hydrogen-bond donors (Lipinski definition) is 1. The van der Waals surface area contributed by atoms with Crippen molar-refractivity contribution in [3.63, 3.8) is 0 Å². The maximum atomic E-state index is 11.6. The number of hydrogen-bond acceptors (Lipinski definition) is 4. The second-order valence-electron chi connectivity index (χ2n) is 4.43. The van der Waals surface area contributed by atoms with Gasteiger partial charge in [-0.1, -0.05) is 0 Å². The van der Waals surface area contributed by atoms with Crippen LogP contribution in [0.2, 0.25) is 0 Å². The molecule has 1 aromatic rings. The predicted octanol–water partition coefficient (Wildman–Crippen LogP) is 1.65. The molecule has 1 fully saturated rings. The highest BCUT2D eigenvalue weighted by Crippen LogP contribution is 2.18. The van der Waals surface area contributed by atoms with Crippen LogP contribution in [0, 0.1) is 0 Å². The summed E-state index contributed by atoms with van der Waals surface area (Å²) in [7, 11) is 1.76. The van der Waals surface area contributed by atoms with Crippen LogP contribution in [-0.2, 0) is 4.74 Å². The number of likely N-dealkylation sites (N-methyl/N-ethyl adjacent to an activating group) is 1. The van der Waals surface area contributed by atoms with Crippen molar-refractivity contribution < 1.29 is 14.3 Å². The van der Waals surface area contributed by atoms with Crippen molar-refractivity contribution in [2.75, 3.05) is 26.8 Å². The second-order valence-corrected chi connectivity index (χ2v) is 4.43. The predicted molar refractivity (Wildman–Crippen MR) is 69.2 cm³/mol. The highest BCUT2D eigenvalue weighted by molar-refractivity contribution is 5.97. The van der Waals surface area contributed by atoms with E-state index in [4.69, 9.17) is 9.47 Å².